The first-order valence-electron chi connectivity index (χ1n) is 11.2. The molecule has 1 aromatic heterocycles. The average Bonchev–Trinajstić information content (AvgIpc) is 3.47. The van der Waals surface area contributed by atoms with Crippen molar-refractivity contribution in [2.24, 2.45) is 5.92 Å². The van der Waals surface area contributed by atoms with Gasteiger partial charge in [0.05, 0.1) is 12.5 Å². The van der Waals surface area contributed by atoms with E-state index < -0.39 is 0 Å². The lowest BCUT2D eigenvalue weighted by atomic mass is 9.96. The molecule has 2 saturated carbocycles. The molecule has 2 amide bonds. The molecule has 1 N–H and O–H groups in total. The van der Waals surface area contributed by atoms with Gasteiger partial charge in [0, 0.05) is 32.2 Å². The van der Waals surface area contributed by atoms with Crippen LogP contribution < -0.4 is 5.32 Å². The molecule has 1 atom stereocenters. The summed E-state index contributed by atoms with van der Waals surface area (Å²) < 4.78 is 11.3. The molecule has 0 spiro atoms. The van der Waals surface area contributed by atoms with E-state index in [1.807, 2.05) is 4.90 Å². The Labute approximate surface area is 167 Å². The molecular formula is C21H34N4O3. The van der Waals surface area contributed by atoms with Crippen LogP contribution in [-0.4, -0.2) is 53.4 Å². The second-order valence-electron chi connectivity index (χ2n) is 8.74. The zero-order valence-electron chi connectivity index (χ0n) is 16.9. The molecule has 7 nitrogen and oxygen atoms in total. The SMILES string of the molecule is O=C(NC1CCCCC1)N1CCC(c2nc(CCOCC3CCCC3)no2)C1. The summed E-state index contributed by atoms with van der Waals surface area (Å²) in [7, 11) is 0. The molecule has 1 unspecified atom stereocenters. The Morgan fingerprint density at radius 2 is 1.89 bits per heavy atom. The van der Waals surface area contributed by atoms with Crippen LogP contribution in [0.3, 0.4) is 0 Å². The highest BCUT2D eigenvalue weighted by Gasteiger charge is 2.32. The number of rotatable bonds is 7. The minimum absolute atomic E-state index is 0.0643. The van der Waals surface area contributed by atoms with Crippen molar-refractivity contribution < 1.29 is 14.1 Å². The third-order valence-electron chi connectivity index (χ3n) is 6.54. The largest absolute Gasteiger partial charge is 0.381 e. The zero-order valence-corrected chi connectivity index (χ0v) is 16.9. The number of urea groups is 1. The lowest BCUT2D eigenvalue weighted by molar-refractivity contribution is 0.102. The maximum absolute atomic E-state index is 12.5. The summed E-state index contributed by atoms with van der Waals surface area (Å²) in [6.45, 7) is 2.93. The standard InChI is InChI=1S/C21H34N4O3/c26-21(22-18-8-2-1-3-9-18)25-12-10-17(14-25)20-23-19(24-28-20)11-13-27-15-16-6-4-5-7-16/h16-18H,1-15H2,(H,22,26). The Balaban J connectivity index is 1.18. The van der Waals surface area contributed by atoms with Gasteiger partial charge in [0.25, 0.3) is 0 Å². The van der Waals surface area contributed by atoms with Crippen molar-refractivity contribution in [3.63, 3.8) is 0 Å². The summed E-state index contributed by atoms with van der Waals surface area (Å²) in [6.07, 6.45) is 12.8. The van der Waals surface area contributed by atoms with Gasteiger partial charge in [-0.15, -0.1) is 0 Å². The van der Waals surface area contributed by atoms with Gasteiger partial charge in [-0.2, -0.15) is 4.98 Å². The zero-order chi connectivity index (χ0) is 19.2. The molecule has 7 heteroatoms. The molecule has 0 radical (unpaired) electrons. The van der Waals surface area contributed by atoms with Gasteiger partial charge in [-0.25, -0.2) is 4.79 Å². The predicted molar refractivity (Wildman–Crippen MR) is 105 cm³/mol. The molecule has 156 valence electrons. The Morgan fingerprint density at radius 1 is 1.11 bits per heavy atom. The van der Waals surface area contributed by atoms with E-state index in [0.717, 1.165) is 38.3 Å². The van der Waals surface area contributed by atoms with E-state index in [4.69, 9.17) is 9.26 Å². The van der Waals surface area contributed by atoms with Crippen LogP contribution in [0.5, 0.6) is 0 Å². The van der Waals surface area contributed by atoms with Crippen molar-refractivity contribution >= 4 is 6.03 Å². The van der Waals surface area contributed by atoms with Crippen molar-refractivity contribution in [2.45, 2.75) is 82.6 Å². The number of amides is 2. The number of carbonyl (C=O) groups excluding carboxylic acids is 1. The van der Waals surface area contributed by atoms with Crippen molar-refractivity contribution in [1.82, 2.24) is 20.4 Å². The number of aromatic nitrogens is 2. The highest BCUT2D eigenvalue weighted by molar-refractivity contribution is 5.75. The third-order valence-corrected chi connectivity index (χ3v) is 6.54. The van der Waals surface area contributed by atoms with Gasteiger partial charge in [-0.1, -0.05) is 37.3 Å². The molecule has 28 heavy (non-hydrogen) atoms. The number of nitrogens with one attached hydrogen (secondary N) is 1. The Kier molecular flexibility index (Phi) is 6.83. The number of hydrogen-bond donors (Lipinski definition) is 1. The van der Waals surface area contributed by atoms with Crippen molar-refractivity contribution in [1.29, 1.82) is 0 Å². The smallest absolute Gasteiger partial charge is 0.317 e. The molecule has 3 fully saturated rings. The van der Waals surface area contributed by atoms with Gasteiger partial charge in [0.2, 0.25) is 5.89 Å². The Morgan fingerprint density at radius 3 is 2.71 bits per heavy atom. The predicted octanol–water partition coefficient (Wildman–Crippen LogP) is 3.65. The van der Waals surface area contributed by atoms with Crippen LogP contribution in [-0.2, 0) is 11.2 Å². The molecule has 4 rings (SSSR count). The van der Waals surface area contributed by atoms with E-state index in [2.05, 4.69) is 15.5 Å². The minimum atomic E-state index is 0.0643. The topological polar surface area (TPSA) is 80.5 Å². The van der Waals surface area contributed by atoms with Crippen LogP contribution in [0.2, 0.25) is 0 Å². The molecule has 1 aromatic rings. The second kappa shape index (κ2) is 9.72. The van der Waals surface area contributed by atoms with Crippen molar-refractivity contribution in [3.05, 3.63) is 11.7 Å². The monoisotopic (exact) mass is 390 g/mol. The van der Waals surface area contributed by atoms with Crippen LogP contribution in [0, 0.1) is 5.92 Å². The lowest BCUT2D eigenvalue weighted by Gasteiger charge is -2.26. The number of nitrogens with zero attached hydrogens (tertiary/aromatic N) is 3. The molecule has 1 saturated heterocycles. The van der Waals surface area contributed by atoms with Crippen LogP contribution >= 0.6 is 0 Å². The molecule has 1 aliphatic heterocycles. The number of hydrogen-bond acceptors (Lipinski definition) is 5. The summed E-state index contributed by atoms with van der Waals surface area (Å²) in [5.41, 5.74) is 0. The summed E-state index contributed by atoms with van der Waals surface area (Å²) in [5, 5.41) is 7.31. The van der Waals surface area contributed by atoms with Gasteiger partial charge in [0.1, 0.15) is 0 Å². The van der Waals surface area contributed by atoms with Crippen LogP contribution in [0.4, 0.5) is 4.79 Å². The van der Waals surface area contributed by atoms with Gasteiger partial charge in [-0.3, -0.25) is 0 Å². The molecular weight excluding hydrogens is 356 g/mol. The average molecular weight is 391 g/mol. The molecule has 3 aliphatic rings. The third kappa shape index (κ3) is 5.25. The van der Waals surface area contributed by atoms with E-state index >= 15 is 0 Å². The summed E-state index contributed by atoms with van der Waals surface area (Å²) in [6, 6.07) is 0.411. The van der Waals surface area contributed by atoms with E-state index in [1.165, 1.54) is 44.9 Å². The molecule has 0 aromatic carbocycles. The fraction of sp³-hybridized carbons (Fsp3) is 0.857. The van der Waals surface area contributed by atoms with E-state index in [0.29, 0.717) is 37.3 Å². The quantitative estimate of drug-likeness (QED) is 0.719. The summed E-state index contributed by atoms with van der Waals surface area (Å²) in [5.74, 6) is 2.27. The van der Waals surface area contributed by atoms with E-state index in [-0.39, 0.29) is 11.9 Å². The van der Waals surface area contributed by atoms with Crippen LogP contribution in [0.1, 0.15) is 81.8 Å². The summed E-state index contributed by atoms with van der Waals surface area (Å²) in [4.78, 5) is 19.0. The van der Waals surface area contributed by atoms with Crippen LogP contribution in [0.15, 0.2) is 4.52 Å². The maximum Gasteiger partial charge on any atom is 0.317 e. The number of carbonyl (C=O) groups is 1. The van der Waals surface area contributed by atoms with E-state index in [1.54, 1.807) is 0 Å². The lowest BCUT2D eigenvalue weighted by Crippen LogP contribution is -2.44. The number of ether oxygens (including phenoxy) is 1. The fourth-order valence-electron chi connectivity index (χ4n) is 4.78. The second-order valence-corrected chi connectivity index (χ2v) is 8.74. The number of likely N-dealkylation sites (tertiary alicyclic amines) is 1. The van der Waals surface area contributed by atoms with Gasteiger partial charge in [0.15, 0.2) is 5.82 Å². The van der Waals surface area contributed by atoms with E-state index in [9.17, 15) is 4.79 Å². The van der Waals surface area contributed by atoms with Gasteiger partial charge in [-0.05, 0) is 38.0 Å². The first-order chi connectivity index (χ1) is 13.8. The summed E-state index contributed by atoms with van der Waals surface area (Å²) >= 11 is 0. The Hall–Kier alpha value is -1.63. The first-order valence-corrected chi connectivity index (χ1v) is 11.2. The Bertz CT molecular complexity index is 623. The molecule has 2 heterocycles. The highest BCUT2D eigenvalue weighted by atomic mass is 16.5. The first kappa shape index (κ1) is 19.7. The minimum Gasteiger partial charge on any atom is -0.381 e. The van der Waals surface area contributed by atoms with Crippen molar-refractivity contribution in [2.75, 3.05) is 26.3 Å². The van der Waals surface area contributed by atoms with Crippen molar-refractivity contribution in [3.8, 4) is 0 Å². The van der Waals surface area contributed by atoms with Crippen LogP contribution in [0.25, 0.3) is 0 Å². The maximum atomic E-state index is 12.5. The highest BCUT2D eigenvalue weighted by Crippen LogP contribution is 2.27. The molecule has 0 bridgehead atoms. The van der Waals surface area contributed by atoms with Gasteiger partial charge >= 0.3 is 6.03 Å². The fourth-order valence-corrected chi connectivity index (χ4v) is 4.78. The van der Waals surface area contributed by atoms with Gasteiger partial charge < -0.3 is 19.5 Å². The normalized spacial score (nSPS) is 24.1. The molecule has 2 aliphatic carbocycles.